The number of H-pyrrole nitrogens is 1. The van der Waals surface area contributed by atoms with E-state index in [2.05, 4.69) is 4.98 Å². The number of aliphatic hydroxyl groups is 1. The van der Waals surface area contributed by atoms with Gasteiger partial charge in [-0.05, 0) is 37.4 Å². The number of amides is 1. The van der Waals surface area contributed by atoms with Gasteiger partial charge in [0.05, 0.1) is 12.6 Å². The van der Waals surface area contributed by atoms with E-state index in [1.165, 1.54) is 0 Å². The molecular weight excluding hydrogens is 306 g/mol. The van der Waals surface area contributed by atoms with Crippen molar-refractivity contribution in [2.45, 2.75) is 25.5 Å². The highest BCUT2D eigenvalue weighted by molar-refractivity contribution is 5.79. The number of para-hydroxylation sites is 1. The van der Waals surface area contributed by atoms with Gasteiger partial charge in [0.2, 0.25) is 5.91 Å². The van der Waals surface area contributed by atoms with Crippen molar-refractivity contribution in [1.82, 2.24) is 14.8 Å². The highest BCUT2D eigenvalue weighted by Crippen LogP contribution is 2.12. The van der Waals surface area contributed by atoms with Crippen LogP contribution in [0.2, 0.25) is 0 Å². The van der Waals surface area contributed by atoms with Crippen LogP contribution in [-0.2, 0) is 11.3 Å². The fourth-order valence-electron chi connectivity index (χ4n) is 3.10. The first-order valence-electron chi connectivity index (χ1n) is 8.28. The maximum atomic E-state index is 12.3. The number of benzene rings is 1. The van der Waals surface area contributed by atoms with Crippen LogP contribution in [0.3, 0.4) is 0 Å². The van der Waals surface area contributed by atoms with Crippen molar-refractivity contribution in [3.05, 3.63) is 46.2 Å². The minimum absolute atomic E-state index is 0.0432. The third kappa shape index (κ3) is 3.83. The molecule has 1 aromatic carbocycles. The van der Waals surface area contributed by atoms with Crippen LogP contribution in [0.4, 0.5) is 0 Å². The van der Waals surface area contributed by atoms with Gasteiger partial charge in [-0.3, -0.25) is 14.5 Å². The Morgan fingerprint density at radius 3 is 2.79 bits per heavy atom. The smallest absolute Gasteiger partial charge is 0.252 e. The molecule has 3 rings (SSSR count). The van der Waals surface area contributed by atoms with E-state index >= 15 is 0 Å². The number of pyridine rings is 1. The van der Waals surface area contributed by atoms with Crippen molar-refractivity contribution in [2.24, 2.45) is 0 Å². The fraction of sp³-hybridized carbons (Fsp3) is 0.444. The molecular formula is C18H23N3O3. The number of hydrogen-bond acceptors (Lipinski definition) is 4. The van der Waals surface area contributed by atoms with Crippen LogP contribution in [0, 0.1) is 0 Å². The van der Waals surface area contributed by atoms with E-state index in [-0.39, 0.29) is 24.1 Å². The van der Waals surface area contributed by atoms with Crippen molar-refractivity contribution < 1.29 is 9.90 Å². The van der Waals surface area contributed by atoms with E-state index in [0.717, 1.165) is 10.9 Å². The summed E-state index contributed by atoms with van der Waals surface area (Å²) in [6.07, 6.45) is 0.988. The number of likely N-dealkylation sites (tertiary alicyclic amines) is 1. The molecule has 2 aromatic rings. The van der Waals surface area contributed by atoms with Gasteiger partial charge in [-0.2, -0.15) is 0 Å². The largest absolute Gasteiger partial charge is 0.393 e. The molecule has 1 saturated heterocycles. The van der Waals surface area contributed by atoms with Crippen molar-refractivity contribution in [2.75, 3.05) is 26.7 Å². The number of rotatable bonds is 4. The number of fused-ring (bicyclic) bond motifs is 1. The minimum atomic E-state index is -0.289. The highest BCUT2D eigenvalue weighted by Gasteiger charge is 2.22. The second-order valence-corrected chi connectivity index (χ2v) is 6.50. The number of carbonyl (C=O) groups is 1. The molecule has 1 amide bonds. The van der Waals surface area contributed by atoms with Crippen LogP contribution in [0.5, 0.6) is 0 Å². The molecule has 2 heterocycles. The Balaban J connectivity index is 1.64. The van der Waals surface area contributed by atoms with Gasteiger partial charge in [0.15, 0.2) is 0 Å². The molecule has 0 radical (unpaired) electrons. The number of nitrogens with one attached hydrogen (secondary N) is 1. The summed E-state index contributed by atoms with van der Waals surface area (Å²) in [4.78, 5) is 31.0. The van der Waals surface area contributed by atoms with Crippen LogP contribution in [0.25, 0.3) is 10.9 Å². The number of piperidine rings is 1. The van der Waals surface area contributed by atoms with Crippen molar-refractivity contribution in [3.8, 4) is 0 Å². The second-order valence-electron chi connectivity index (χ2n) is 6.50. The molecule has 2 N–H and O–H groups in total. The lowest BCUT2D eigenvalue weighted by Crippen LogP contribution is -2.44. The molecule has 128 valence electrons. The van der Waals surface area contributed by atoms with Gasteiger partial charge in [0.25, 0.3) is 5.56 Å². The lowest BCUT2D eigenvalue weighted by Gasteiger charge is -2.31. The number of aliphatic hydroxyl groups excluding tert-OH is 1. The molecule has 1 fully saturated rings. The lowest BCUT2D eigenvalue weighted by atomic mass is 10.1. The molecule has 6 heteroatoms. The predicted octanol–water partition coefficient (Wildman–Crippen LogP) is 0.943. The van der Waals surface area contributed by atoms with Gasteiger partial charge in [-0.1, -0.05) is 18.2 Å². The van der Waals surface area contributed by atoms with E-state index in [9.17, 15) is 14.7 Å². The molecule has 1 aliphatic heterocycles. The summed E-state index contributed by atoms with van der Waals surface area (Å²) >= 11 is 0. The minimum Gasteiger partial charge on any atom is -0.393 e. The standard InChI is InChI=1S/C18H23N3O3/c1-20(12-17(23)21-8-6-15(22)7-9-21)11-14-10-13-4-2-3-5-16(13)19-18(14)24/h2-5,10,15,22H,6-9,11-12H2,1H3,(H,19,24). The van der Waals surface area contributed by atoms with Crippen LogP contribution in [0.15, 0.2) is 35.1 Å². The van der Waals surface area contributed by atoms with E-state index in [1.807, 2.05) is 42.3 Å². The molecule has 0 spiro atoms. The first-order valence-corrected chi connectivity index (χ1v) is 8.28. The number of aromatic amines is 1. The predicted molar refractivity (Wildman–Crippen MR) is 92.7 cm³/mol. The summed E-state index contributed by atoms with van der Waals surface area (Å²) in [5.41, 5.74) is 1.35. The van der Waals surface area contributed by atoms with Crippen LogP contribution < -0.4 is 5.56 Å². The maximum absolute atomic E-state index is 12.3. The summed E-state index contributed by atoms with van der Waals surface area (Å²) < 4.78 is 0. The Morgan fingerprint density at radius 2 is 2.04 bits per heavy atom. The maximum Gasteiger partial charge on any atom is 0.252 e. The molecule has 0 aliphatic carbocycles. The summed E-state index contributed by atoms with van der Waals surface area (Å²) in [6.45, 7) is 1.89. The number of aromatic nitrogens is 1. The Bertz CT molecular complexity index is 778. The highest BCUT2D eigenvalue weighted by atomic mass is 16.3. The lowest BCUT2D eigenvalue weighted by molar-refractivity contribution is -0.134. The Morgan fingerprint density at radius 1 is 1.33 bits per heavy atom. The Kier molecular flexibility index (Phi) is 4.97. The number of likely N-dealkylation sites (N-methyl/N-ethyl adjacent to an activating group) is 1. The van der Waals surface area contributed by atoms with Crippen molar-refractivity contribution in [1.29, 1.82) is 0 Å². The zero-order valence-corrected chi connectivity index (χ0v) is 13.9. The van der Waals surface area contributed by atoms with Crippen LogP contribution in [-0.4, -0.2) is 58.6 Å². The second kappa shape index (κ2) is 7.15. The molecule has 0 bridgehead atoms. The van der Waals surface area contributed by atoms with Gasteiger partial charge in [0.1, 0.15) is 0 Å². The van der Waals surface area contributed by atoms with Gasteiger partial charge >= 0.3 is 0 Å². The van der Waals surface area contributed by atoms with E-state index < -0.39 is 0 Å². The monoisotopic (exact) mass is 329 g/mol. The van der Waals surface area contributed by atoms with Crippen molar-refractivity contribution >= 4 is 16.8 Å². The van der Waals surface area contributed by atoms with Crippen LogP contribution in [0.1, 0.15) is 18.4 Å². The first kappa shape index (κ1) is 16.7. The average Bonchev–Trinajstić information content (AvgIpc) is 2.56. The third-order valence-electron chi connectivity index (χ3n) is 4.49. The van der Waals surface area contributed by atoms with E-state index in [0.29, 0.717) is 38.0 Å². The van der Waals surface area contributed by atoms with Gasteiger partial charge < -0.3 is 15.0 Å². The average molecular weight is 329 g/mol. The van der Waals surface area contributed by atoms with E-state index in [4.69, 9.17) is 0 Å². The Labute approximate surface area is 140 Å². The summed E-state index contributed by atoms with van der Waals surface area (Å²) in [6, 6.07) is 9.53. The molecule has 6 nitrogen and oxygen atoms in total. The third-order valence-corrected chi connectivity index (χ3v) is 4.49. The SMILES string of the molecule is CN(CC(=O)N1CCC(O)CC1)Cc1cc2ccccc2[nH]c1=O. The summed E-state index contributed by atoms with van der Waals surface area (Å²) in [5.74, 6) is 0.0432. The topological polar surface area (TPSA) is 76.6 Å². The normalized spacial score (nSPS) is 16.0. The van der Waals surface area contributed by atoms with Crippen LogP contribution >= 0.6 is 0 Å². The number of hydrogen-bond donors (Lipinski definition) is 2. The molecule has 1 aliphatic rings. The zero-order chi connectivity index (χ0) is 17.1. The summed E-state index contributed by atoms with van der Waals surface area (Å²) in [7, 11) is 1.84. The quantitative estimate of drug-likeness (QED) is 0.875. The fourth-order valence-corrected chi connectivity index (χ4v) is 3.10. The summed E-state index contributed by atoms with van der Waals surface area (Å²) in [5, 5.41) is 10.5. The number of carbonyl (C=O) groups excluding carboxylic acids is 1. The Hall–Kier alpha value is -2.18. The first-order chi connectivity index (χ1) is 11.5. The molecule has 24 heavy (non-hydrogen) atoms. The van der Waals surface area contributed by atoms with Crippen molar-refractivity contribution in [3.63, 3.8) is 0 Å². The number of nitrogens with zero attached hydrogens (tertiary/aromatic N) is 2. The molecule has 0 unspecified atom stereocenters. The van der Waals surface area contributed by atoms with Gasteiger partial charge in [-0.25, -0.2) is 0 Å². The molecule has 1 aromatic heterocycles. The van der Waals surface area contributed by atoms with Gasteiger partial charge in [0, 0.05) is 30.7 Å². The van der Waals surface area contributed by atoms with Gasteiger partial charge in [-0.15, -0.1) is 0 Å². The zero-order valence-electron chi connectivity index (χ0n) is 13.9. The molecule has 0 atom stereocenters. The van der Waals surface area contributed by atoms with E-state index in [1.54, 1.807) is 4.90 Å². The molecule has 0 saturated carbocycles.